The van der Waals surface area contributed by atoms with Gasteiger partial charge in [-0.25, -0.2) is 0 Å². The van der Waals surface area contributed by atoms with Gasteiger partial charge in [0.15, 0.2) is 0 Å². The third-order valence-electron chi connectivity index (χ3n) is 3.20. The van der Waals surface area contributed by atoms with Gasteiger partial charge in [0.05, 0.1) is 0 Å². The zero-order valence-corrected chi connectivity index (χ0v) is 12.4. The molecule has 4 heteroatoms. The van der Waals surface area contributed by atoms with E-state index in [1.54, 1.807) is 12.1 Å². The van der Waals surface area contributed by atoms with E-state index in [4.69, 9.17) is 0 Å². The van der Waals surface area contributed by atoms with Crippen molar-refractivity contribution in [2.75, 3.05) is 5.32 Å². The number of aromatic hydroxyl groups is 1. The molecular weight excluding hydrogens is 276 g/mol. The molecule has 0 unspecified atom stereocenters. The number of carbonyl (C=O) groups is 1. The van der Waals surface area contributed by atoms with E-state index in [1.165, 1.54) is 18.2 Å². The number of carbonyl (C=O) groups excluding carboxylic acids is 1. The molecular formula is C18H16N2O2. The Morgan fingerprint density at radius 3 is 2.45 bits per heavy atom. The Morgan fingerprint density at radius 2 is 1.86 bits per heavy atom. The zero-order valence-electron chi connectivity index (χ0n) is 12.4. The largest absolute Gasteiger partial charge is 0.508 e. The molecule has 2 aromatic rings. The van der Waals surface area contributed by atoms with E-state index in [9.17, 15) is 15.2 Å². The number of aryl methyl sites for hydroxylation is 2. The molecule has 110 valence electrons. The highest BCUT2D eigenvalue weighted by Gasteiger charge is 2.10. The molecule has 22 heavy (non-hydrogen) atoms. The average Bonchev–Trinajstić information content (AvgIpc) is 2.49. The van der Waals surface area contributed by atoms with Crippen LogP contribution in [0.4, 0.5) is 5.69 Å². The molecule has 0 bridgehead atoms. The first-order chi connectivity index (χ1) is 10.5. The standard InChI is InChI=1S/C18H16N2O2/c1-12-3-8-17(13(2)9-12)20-18(22)15(11-19)10-14-4-6-16(21)7-5-14/h3-10,21H,1-2H3,(H,20,22)/b15-10+. The minimum atomic E-state index is -0.456. The maximum absolute atomic E-state index is 12.2. The lowest BCUT2D eigenvalue weighted by atomic mass is 10.1. The van der Waals surface area contributed by atoms with Crippen molar-refractivity contribution in [3.05, 3.63) is 64.7 Å². The Morgan fingerprint density at radius 1 is 1.18 bits per heavy atom. The molecule has 2 N–H and O–H groups in total. The van der Waals surface area contributed by atoms with Crippen molar-refractivity contribution in [1.82, 2.24) is 0 Å². The van der Waals surface area contributed by atoms with E-state index in [0.717, 1.165) is 11.1 Å². The quantitative estimate of drug-likeness (QED) is 0.671. The van der Waals surface area contributed by atoms with Crippen LogP contribution in [0.1, 0.15) is 16.7 Å². The molecule has 2 aromatic carbocycles. The summed E-state index contributed by atoms with van der Waals surface area (Å²) in [6, 6.07) is 13.9. The highest BCUT2D eigenvalue weighted by molar-refractivity contribution is 6.09. The molecule has 0 saturated carbocycles. The van der Waals surface area contributed by atoms with Gasteiger partial charge in [-0.1, -0.05) is 29.8 Å². The average molecular weight is 292 g/mol. The summed E-state index contributed by atoms with van der Waals surface area (Å²) in [7, 11) is 0. The molecule has 4 nitrogen and oxygen atoms in total. The number of hydrogen-bond donors (Lipinski definition) is 2. The second-order valence-electron chi connectivity index (χ2n) is 5.03. The van der Waals surface area contributed by atoms with E-state index in [2.05, 4.69) is 5.32 Å². The Bertz CT molecular complexity index is 769. The second kappa shape index (κ2) is 6.59. The molecule has 0 fully saturated rings. The summed E-state index contributed by atoms with van der Waals surface area (Å²) in [4.78, 5) is 12.2. The fraction of sp³-hybridized carbons (Fsp3) is 0.111. The predicted octanol–water partition coefficient (Wildman–Crippen LogP) is 3.55. The van der Waals surface area contributed by atoms with Crippen LogP contribution in [-0.2, 0) is 4.79 Å². The number of nitrogens with zero attached hydrogens (tertiary/aromatic N) is 1. The summed E-state index contributed by atoms with van der Waals surface area (Å²) in [6.07, 6.45) is 1.48. The number of phenolic OH excluding ortho intramolecular Hbond substituents is 1. The summed E-state index contributed by atoms with van der Waals surface area (Å²) < 4.78 is 0. The minimum Gasteiger partial charge on any atom is -0.508 e. The molecule has 0 aliphatic carbocycles. The first-order valence-corrected chi connectivity index (χ1v) is 6.79. The number of nitriles is 1. The molecule has 0 aliphatic rings. The van der Waals surface area contributed by atoms with Crippen molar-refractivity contribution in [3.8, 4) is 11.8 Å². The Hall–Kier alpha value is -3.06. The maximum Gasteiger partial charge on any atom is 0.266 e. The van der Waals surface area contributed by atoms with Crippen molar-refractivity contribution in [2.45, 2.75) is 13.8 Å². The van der Waals surface area contributed by atoms with Gasteiger partial charge in [0.1, 0.15) is 17.4 Å². The van der Waals surface area contributed by atoms with Crippen molar-refractivity contribution in [3.63, 3.8) is 0 Å². The molecule has 0 aliphatic heterocycles. The van der Waals surface area contributed by atoms with Crippen LogP contribution in [0.15, 0.2) is 48.0 Å². The number of hydrogen-bond acceptors (Lipinski definition) is 3. The first kappa shape index (κ1) is 15.3. The molecule has 0 saturated heterocycles. The second-order valence-corrected chi connectivity index (χ2v) is 5.03. The van der Waals surface area contributed by atoms with E-state index in [1.807, 2.05) is 38.1 Å². The first-order valence-electron chi connectivity index (χ1n) is 6.79. The summed E-state index contributed by atoms with van der Waals surface area (Å²) in [5.41, 5.74) is 3.41. The summed E-state index contributed by atoms with van der Waals surface area (Å²) in [6.45, 7) is 3.88. The maximum atomic E-state index is 12.2. The van der Waals surface area contributed by atoms with Crippen LogP contribution in [0.3, 0.4) is 0 Å². The summed E-state index contributed by atoms with van der Waals surface area (Å²) in [5.74, 6) is -0.321. The van der Waals surface area contributed by atoms with Gasteiger partial charge in [0.2, 0.25) is 0 Å². The van der Waals surface area contributed by atoms with Gasteiger partial charge < -0.3 is 10.4 Å². The lowest BCUT2D eigenvalue weighted by Gasteiger charge is -2.08. The molecule has 0 atom stereocenters. The number of amides is 1. The summed E-state index contributed by atoms with van der Waals surface area (Å²) >= 11 is 0. The van der Waals surface area contributed by atoms with E-state index in [0.29, 0.717) is 11.3 Å². The van der Waals surface area contributed by atoms with Crippen LogP contribution in [0, 0.1) is 25.2 Å². The summed E-state index contributed by atoms with van der Waals surface area (Å²) in [5, 5.41) is 21.2. The molecule has 0 spiro atoms. The number of phenols is 1. The number of anilines is 1. The van der Waals surface area contributed by atoms with Gasteiger partial charge in [0, 0.05) is 5.69 Å². The van der Waals surface area contributed by atoms with Crippen LogP contribution in [0.2, 0.25) is 0 Å². The Labute approximate surface area is 129 Å². The SMILES string of the molecule is Cc1ccc(NC(=O)/C(C#N)=C/c2ccc(O)cc2)c(C)c1. The number of rotatable bonds is 3. The van der Waals surface area contributed by atoms with Gasteiger partial charge >= 0.3 is 0 Å². The molecule has 1 amide bonds. The van der Waals surface area contributed by atoms with Gasteiger partial charge in [-0.2, -0.15) is 5.26 Å². The Balaban J connectivity index is 2.22. The van der Waals surface area contributed by atoms with Crippen LogP contribution >= 0.6 is 0 Å². The van der Waals surface area contributed by atoms with Gasteiger partial charge in [-0.15, -0.1) is 0 Å². The highest BCUT2D eigenvalue weighted by Crippen LogP contribution is 2.18. The minimum absolute atomic E-state index is 0.00525. The number of nitrogens with one attached hydrogen (secondary N) is 1. The molecule has 2 rings (SSSR count). The van der Waals surface area contributed by atoms with Crippen molar-refractivity contribution < 1.29 is 9.90 Å². The van der Waals surface area contributed by atoms with E-state index in [-0.39, 0.29) is 11.3 Å². The van der Waals surface area contributed by atoms with Crippen molar-refractivity contribution in [2.24, 2.45) is 0 Å². The topological polar surface area (TPSA) is 73.1 Å². The van der Waals surface area contributed by atoms with Crippen LogP contribution in [0.5, 0.6) is 5.75 Å². The van der Waals surface area contributed by atoms with Crippen LogP contribution in [0.25, 0.3) is 6.08 Å². The van der Waals surface area contributed by atoms with Crippen molar-refractivity contribution >= 4 is 17.7 Å². The van der Waals surface area contributed by atoms with Gasteiger partial charge in [-0.3, -0.25) is 4.79 Å². The fourth-order valence-electron chi connectivity index (χ4n) is 2.03. The van der Waals surface area contributed by atoms with E-state index < -0.39 is 5.91 Å². The number of benzene rings is 2. The van der Waals surface area contributed by atoms with Crippen molar-refractivity contribution in [1.29, 1.82) is 5.26 Å². The van der Waals surface area contributed by atoms with Crippen LogP contribution in [-0.4, -0.2) is 11.0 Å². The lowest BCUT2D eigenvalue weighted by Crippen LogP contribution is -2.14. The predicted molar refractivity (Wildman–Crippen MR) is 86.2 cm³/mol. The lowest BCUT2D eigenvalue weighted by molar-refractivity contribution is -0.112. The molecule has 0 radical (unpaired) electrons. The molecule has 0 aromatic heterocycles. The normalized spacial score (nSPS) is 10.9. The highest BCUT2D eigenvalue weighted by atomic mass is 16.3. The monoisotopic (exact) mass is 292 g/mol. The molecule has 0 heterocycles. The third-order valence-corrected chi connectivity index (χ3v) is 3.20. The smallest absolute Gasteiger partial charge is 0.266 e. The van der Waals surface area contributed by atoms with Gasteiger partial charge in [0.25, 0.3) is 5.91 Å². The Kier molecular flexibility index (Phi) is 4.60. The third kappa shape index (κ3) is 3.74. The zero-order chi connectivity index (χ0) is 16.1. The van der Waals surface area contributed by atoms with E-state index >= 15 is 0 Å². The van der Waals surface area contributed by atoms with Gasteiger partial charge in [-0.05, 0) is 49.2 Å². The van der Waals surface area contributed by atoms with Crippen LogP contribution < -0.4 is 5.32 Å². The fourth-order valence-corrected chi connectivity index (χ4v) is 2.03.